The fourth-order valence-electron chi connectivity index (χ4n) is 9.65. The number of aliphatic hydroxyl groups is 1. The number of hydrogen-bond acceptors (Lipinski definition) is 4. The Morgan fingerprint density at radius 1 is 1.06 bits per heavy atom. The molecule has 0 spiro atoms. The Hall–Kier alpha value is -0.610. The third-order valence-electron chi connectivity index (χ3n) is 11.2. The van der Waals surface area contributed by atoms with Crippen molar-refractivity contribution in [2.75, 3.05) is 0 Å². The zero-order valence-electron chi connectivity index (χ0n) is 20.2. The molecule has 1 saturated heterocycles. The van der Waals surface area contributed by atoms with E-state index in [0.717, 1.165) is 43.4 Å². The molecule has 0 aromatic carbocycles. The summed E-state index contributed by atoms with van der Waals surface area (Å²) in [6, 6.07) is 0.398. The molecule has 4 aliphatic carbocycles. The zero-order valence-corrected chi connectivity index (χ0v) is 20.2. The summed E-state index contributed by atoms with van der Waals surface area (Å²) in [5, 5.41) is 11.7. The molecule has 0 aromatic heterocycles. The largest absolute Gasteiger partial charge is 0.460 e. The quantitative estimate of drug-likeness (QED) is 0.610. The predicted molar refractivity (Wildman–Crippen MR) is 122 cm³/mol. The number of nitrogens with two attached hydrogens (primary N) is 1. The highest BCUT2D eigenvalue weighted by molar-refractivity contribution is 5.82. The van der Waals surface area contributed by atoms with Crippen molar-refractivity contribution in [3.63, 3.8) is 0 Å². The molecule has 1 unspecified atom stereocenters. The van der Waals surface area contributed by atoms with E-state index < -0.39 is 5.60 Å². The molecular weight excluding hydrogens is 386 g/mol. The average molecular weight is 432 g/mol. The number of esters is 1. The Morgan fingerprint density at radius 3 is 2.55 bits per heavy atom. The molecule has 0 aromatic rings. The van der Waals surface area contributed by atoms with Gasteiger partial charge in [-0.2, -0.15) is 0 Å². The maximum Gasteiger partial charge on any atom is 0.338 e. The lowest BCUT2D eigenvalue weighted by atomic mass is 9.44. The molecule has 0 radical (unpaired) electrons. The minimum absolute atomic E-state index is 0.0177. The first-order valence-corrected chi connectivity index (χ1v) is 13.3. The van der Waals surface area contributed by atoms with Crippen molar-refractivity contribution in [2.24, 2.45) is 52.1 Å². The van der Waals surface area contributed by atoms with Crippen molar-refractivity contribution in [1.29, 1.82) is 0 Å². The maximum atomic E-state index is 12.9. The van der Waals surface area contributed by atoms with Crippen molar-refractivity contribution in [3.05, 3.63) is 0 Å². The fraction of sp³-hybridized carbons (Fsp3) is 0.963. The summed E-state index contributed by atoms with van der Waals surface area (Å²) in [6.45, 7) is 9.40. The monoisotopic (exact) mass is 431 g/mol. The molecule has 5 aliphatic rings. The third kappa shape index (κ3) is 3.17. The van der Waals surface area contributed by atoms with Crippen molar-refractivity contribution in [1.82, 2.24) is 0 Å². The van der Waals surface area contributed by atoms with Gasteiger partial charge >= 0.3 is 5.97 Å². The molecule has 10 atom stereocenters. The number of fused-ring (bicyclic) bond motifs is 7. The second-order valence-corrected chi connectivity index (χ2v) is 13.1. The van der Waals surface area contributed by atoms with Crippen LogP contribution in [-0.2, 0) is 9.53 Å². The van der Waals surface area contributed by atoms with Crippen LogP contribution >= 0.6 is 0 Å². The zero-order chi connectivity index (χ0) is 22.2. The smallest absolute Gasteiger partial charge is 0.338 e. The van der Waals surface area contributed by atoms with Gasteiger partial charge in [0.25, 0.3) is 0 Å². The highest BCUT2D eigenvalue weighted by Crippen LogP contribution is 2.70. The Labute approximate surface area is 189 Å². The molecule has 0 amide bonds. The molecule has 0 bridgehead atoms. The first-order chi connectivity index (χ1) is 14.6. The summed E-state index contributed by atoms with van der Waals surface area (Å²) in [6.07, 6.45) is 12.1. The van der Waals surface area contributed by atoms with Crippen LogP contribution in [0.25, 0.3) is 0 Å². The molecule has 4 saturated carbocycles. The van der Waals surface area contributed by atoms with Gasteiger partial charge in [0.2, 0.25) is 0 Å². The summed E-state index contributed by atoms with van der Waals surface area (Å²) in [7, 11) is 0. The second kappa shape index (κ2) is 7.45. The normalized spacial score (nSPS) is 53.5. The molecule has 5 fully saturated rings. The minimum Gasteiger partial charge on any atom is -0.460 e. The number of hydrogen-bond donors (Lipinski definition) is 2. The first kappa shape index (κ1) is 22.2. The van der Waals surface area contributed by atoms with Crippen LogP contribution in [0.5, 0.6) is 0 Å². The number of carbonyl (C=O) groups excluding carboxylic acids is 1. The highest BCUT2D eigenvalue weighted by atomic mass is 16.6. The van der Waals surface area contributed by atoms with Crippen LogP contribution < -0.4 is 5.73 Å². The maximum absolute atomic E-state index is 12.9. The van der Waals surface area contributed by atoms with Crippen molar-refractivity contribution >= 4 is 5.97 Å². The van der Waals surface area contributed by atoms with E-state index in [-0.39, 0.29) is 23.4 Å². The number of rotatable bonds is 4. The van der Waals surface area contributed by atoms with E-state index in [0.29, 0.717) is 29.7 Å². The summed E-state index contributed by atoms with van der Waals surface area (Å²) in [4.78, 5) is 12.9. The van der Waals surface area contributed by atoms with E-state index in [9.17, 15) is 9.90 Å². The van der Waals surface area contributed by atoms with Crippen LogP contribution in [0.1, 0.15) is 98.3 Å². The molecule has 31 heavy (non-hydrogen) atoms. The van der Waals surface area contributed by atoms with Gasteiger partial charge in [0.15, 0.2) is 5.60 Å². The summed E-state index contributed by atoms with van der Waals surface area (Å²) in [5.41, 5.74) is 5.55. The molecule has 1 heterocycles. The van der Waals surface area contributed by atoms with Gasteiger partial charge in [-0.3, -0.25) is 0 Å². The molecule has 5 rings (SSSR count). The summed E-state index contributed by atoms with van der Waals surface area (Å²) >= 11 is 0. The molecular formula is C27H45NO3. The lowest BCUT2D eigenvalue weighted by Crippen LogP contribution is -2.57. The van der Waals surface area contributed by atoms with Crippen molar-refractivity contribution < 1.29 is 14.6 Å². The Morgan fingerprint density at radius 2 is 1.81 bits per heavy atom. The Kier molecular flexibility index (Phi) is 5.33. The second-order valence-electron chi connectivity index (χ2n) is 13.1. The van der Waals surface area contributed by atoms with Crippen LogP contribution in [0.3, 0.4) is 0 Å². The van der Waals surface area contributed by atoms with Gasteiger partial charge in [-0.15, -0.1) is 0 Å². The van der Waals surface area contributed by atoms with E-state index in [1.54, 1.807) is 0 Å². The van der Waals surface area contributed by atoms with Gasteiger partial charge in [-0.1, -0.05) is 34.1 Å². The van der Waals surface area contributed by atoms with Gasteiger partial charge in [0, 0.05) is 12.0 Å². The molecule has 4 heteroatoms. The molecule has 3 N–H and O–H groups in total. The van der Waals surface area contributed by atoms with E-state index in [4.69, 9.17) is 10.5 Å². The van der Waals surface area contributed by atoms with E-state index in [1.165, 1.54) is 38.5 Å². The average Bonchev–Trinajstić information content (AvgIpc) is 3.13. The topological polar surface area (TPSA) is 72.5 Å². The third-order valence-corrected chi connectivity index (χ3v) is 11.2. The van der Waals surface area contributed by atoms with Gasteiger partial charge in [0.1, 0.15) is 6.10 Å². The van der Waals surface area contributed by atoms with E-state index >= 15 is 0 Å². The highest BCUT2D eigenvalue weighted by Gasteiger charge is 2.71. The van der Waals surface area contributed by atoms with Gasteiger partial charge in [0.05, 0.1) is 0 Å². The standard InChI is InChI=1S/C27H45NO3/c1-16(2)6-5-11-27(30)23-22(31-24(27)29)15-21-19-8-7-17-14-18(28)9-12-25(17,3)20(19)10-13-26(21,23)4/h16-23,30H,5-15,28H2,1-4H3/t17?,18-,19+,20-,21-,22-,23-,25-,26-,27-/m0/s1. The SMILES string of the molecule is CC(C)CCC[C@@]1(O)C(=O)O[C@H]2C[C@H]3[C@@H]4CCC5C[C@@H](N)CC[C@]5(C)[C@H]4CC[C@]3(C)[C@H]21. The molecule has 1 aliphatic heterocycles. The predicted octanol–water partition coefficient (Wildman–Crippen LogP) is 5.07. The lowest BCUT2D eigenvalue weighted by molar-refractivity contribution is -0.166. The lowest BCUT2D eigenvalue weighted by Gasteiger charge is -2.61. The Balaban J connectivity index is 1.40. The van der Waals surface area contributed by atoms with Crippen molar-refractivity contribution in [2.45, 2.75) is 116 Å². The van der Waals surface area contributed by atoms with E-state index in [2.05, 4.69) is 27.7 Å². The van der Waals surface area contributed by atoms with Crippen LogP contribution in [0, 0.1) is 46.3 Å². The van der Waals surface area contributed by atoms with E-state index in [1.807, 2.05) is 0 Å². The summed E-state index contributed by atoms with van der Waals surface area (Å²) in [5.74, 6) is 3.12. The minimum atomic E-state index is -1.27. The number of carbonyl (C=O) groups is 1. The van der Waals surface area contributed by atoms with Crippen LogP contribution in [-0.4, -0.2) is 28.8 Å². The van der Waals surface area contributed by atoms with Gasteiger partial charge in [-0.05, 0) is 105 Å². The Bertz CT molecular complexity index is 723. The van der Waals surface area contributed by atoms with Crippen LogP contribution in [0.4, 0.5) is 0 Å². The first-order valence-electron chi connectivity index (χ1n) is 13.3. The fourth-order valence-corrected chi connectivity index (χ4v) is 9.65. The van der Waals surface area contributed by atoms with Gasteiger partial charge in [-0.25, -0.2) is 4.79 Å². The molecule has 4 nitrogen and oxygen atoms in total. The van der Waals surface area contributed by atoms with Crippen molar-refractivity contribution in [3.8, 4) is 0 Å². The molecule has 176 valence electrons. The summed E-state index contributed by atoms with van der Waals surface area (Å²) < 4.78 is 5.94. The van der Waals surface area contributed by atoms with Crippen LogP contribution in [0.15, 0.2) is 0 Å². The van der Waals surface area contributed by atoms with Crippen LogP contribution in [0.2, 0.25) is 0 Å². The number of ether oxygens (including phenoxy) is 1. The van der Waals surface area contributed by atoms with Gasteiger partial charge < -0.3 is 15.6 Å².